The zero-order chi connectivity index (χ0) is 20.5. The normalized spacial score (nSPS) is 10.6. The number of carbonyl (C=O) groups is 1. The van der Waals surface area contributed by atoms with Gasteiger partial charge in [-0.05, 0) is 24.6 Å². The van der Waals surface area contributed by atoms with E-state index in [1.807, 2.05) is 31.2 Å². The molecule has 0 radical (unpaired) electrons. The summed E-state index contributed by atoms with van der Waals surface area (Å²) in [6.07, 6.45) is 3.16. The molecule has 4 rings (SSSR count). The van der Waals surface area contributed by atoms with Crippen LogP contribution in [0.25, 0.3) is 21.3 Å². The number of aromatic nitrogens is 2. The van der Waals surface area contributed by atoms with E-state index in [1.165, 1.54) is 0 Å². The van der Waals surface area contributed by atoms with Crippen molar-refractivity contribution in [2.24, 2.45) is 0 Å². The van der Waals surface area contributed by atoms with Crippen molar-refractivity contribution < 1.29 is 4.79 Å². The number of anilines is 3. The molecule has 0 saturated heterocycles. The molecule has 0 aliphatic carbocycles. The zero-order valence-electron chi connectivity index (χ0n) is 15.4. The van der Waals surface area contributed by atoms with Crippen LogP contribution in [0, 0.1) is 18.3 Å². The number of carbonyl (C=O) groups excluding carboxylic acids is 1. The second-order valence-electron chi connectivity index (χ2n) is 6.45. The lowest BCUT2D eigenvalue weighted by atomic mass is 9.96. The van der Waals surface area contributed by atoms with E-state index in [4.69, 9.17) is 11.5 Å². The van der Waals surface area contributed by atoms with E-state index in [0.717, 1.165) is 22.5 Å². The molecule has 3 heterocycles. The summed E-state index contributed by atoms with van der Waals surface area (Å²) in [5.74, 6) is -0.263. The molecule has 1 aromatic carbocycles. The minimum absolute atomic E-state index is 0.107. The van der Waals surface area contributed by atoms with Gasteiger partial charge in [0.25, 0.3) is 5.91 Å². The second kappa shape index (κ2) is 7.22. The Morgan fingerprint density at radius 2 is 1.97 bits per heavy atom. The number of rotatable bonds is 3. The van der Waals surface area contributed by atoms with Gasteiger partial charge >= 0.3 is 0 Å². The smallest absolute Gasteiger partial charge is 0.267 e. The summed E-state index contributed by atoms with van der Waals surface area (Å²) in [6, 6.07) is 13.3. The third-order valence-corrected chi connectivity index (χ3v) is 5.58. The topological polar surface area (TPSA) is 131 Å². The Labute approximate surface area is 170 Å². The Balaban J connectivity index is 1.92. The summed E-state index contributed by atoms with van der Waals surface area (Å²) in [6.45, 7) is 1.98. The number of nitriles is 1. The average molecular weight is 400 g/mol. The van der Waals surface area contributed by atoms with E-state index in [9.17, 15) is 10.1 Å². The molecule has 142 valence electrons. The number of nitrogens with two attached hydrogens (primary N) is 2. The van der Waals surface area contributed by atoms with Gasteiger partial charge in [-0.3, -0.25) is 9.78 Å². The largest absolute Gasteiger partial charge is 0.397 e. The van der Waals surface area contributed by atoms with Crippen molar-refractivity contribution >= 4 is 44.7 Å². The third-order valence-electron chi connectivity index (χ3n) is 4.48. The maximum Gasteiger partial charge on any atom is 0.267 e. The van der Waals surface area contributed by atoms with Crippen molar-refractivity contribution in [2.45, 2.75) is 6.92 Å². The van der Waals surface area contributed by atoms with Crippen LogP contribution in [0.5, 0.6) is 0 Å². The van der Waals surface area contributed by atoms with E-state index >= 15 is 0 Å². The lowest BCUT2D eigenvalue weighted by Crippen LogP contribution is -2.12. The minimum Gasteiger partial charge on any atom is -0.397 e. The van der Waals surface area contributed by atoms with Crippen LogP contribution in [-0.4, -0.2) is 15.9 Å². The zero-order valence-corrected chi connectivity index (χ0v) is 16.2. The van der Waals surface area contributed by atoms with Crippen molar-refractivity contribution in [1.82, 2.24) is 9.97 Å². The van der Waals surface area contributed by atoms with E-state index in [2.05, 4.69) is 21.4 Å². The Hall–Kier alpha value is -3.96. The van der Waals surface area contributed by atoms with Crippen LogP contribution in [-0.2, 0) is 0 Å². The highest BCUT2D eigenvalue weighted by molar-refractivity contribution is 7.21. The Kier molecular flexibility index (Phi) is 4.58. The molecule has 0 aliphatic heterocycles. The summed E-state index contributed by atoms with van der Waals surface area (Å²) < 4.78 is 0. The lowest BCUT2D eigenvalue weighted by Gasteiger charge is -2.10. The number of nitrogens with one attached hydrogen (secondary N) is 1. The molecule has 0 aliphatic rings. The Morgan fingerprint density at radius 1 is 1.21 bits per heavy atom. The number of aryl methyl sites for hydroxylation is 1. The Bertz CT molecular complexity index is 1270. The fourth-order valence-corrected chi connectivity index (χ4v) is 4.09. The van der Waals surface area contributed by atoms with Gasteiger partial charge in [0.2, 0.25) is 0 Å². The molecule has 0 bridgehead atoms. The van der Waals surface area contributed by atoms with Gasteiger partial charge in [0, 0.05) is 17.1 Å². The first-order valence-corrected chi connectivity index (χ1v) is 9.51. The molecule has 8 heteroatoms. The quantitative estimate of drug-likeness (QED) is 0.477. The van der Waals surface area contributed by atoms with Gasteiger partial charge in [-0.15, -0.1) is 11.3 Å². The van der Waals surface area contributed by atoms with E-state index in [-0.39, 0.29) is 23.0 Å². The SMILES string of the molecule is Cc1ccc(-c2c(C#N)c(N)nc3sc(C(=O)Nc4cccnc4)c(N)c23)cc1. The van der Waals surface area contributed by atoms with Crippen molar-refractivity contribution in [3.05, 3.63) is 64.8 Å². The number of hydrogen-bond acceptors (Lipinski definition) is 7. The maximum absolute atomic E-state index is 12.8. The first-order chi connectivity index (χ1) is 14.0. The van der Waals surface area contributed by atoms with Crippen LogP contribution in [0.2, 0.25) is 0 Å². The molecular weight excluding hydrogens is 384 g/mol. The van der Waals surface area contributed by atoms with Crippen LogP contribution < -0.4 is 16.8 Å². The highest BCUT2D eigenvalue weighted by Gasteiger charge is 2.24. The summed E-state index contributed by atoms with van der Waals surface area (Å²) in [7, 11) is 0. The molecule has 5 N–H and O–H groups in total. The molecular formula is C21H16N6OS. The highest BCUT2D eigenvalue weighted by Crippen LogP contribution is 2.42. The van der Waals surface area contributed by atoms with Crippen molar-refractivity contribution in [3.8, 4) is 17.2 Å². The predicted molar refractivity (Wildman–Crippen MR) is 116 cm³/mol. The molecule has 4 aromatic rings. The van der Waals surface area contributed by atoms with Crippen LogP contribution in [0.3, 0.4) is 0 Å². The molecule has 1 amide bonds. The van der Waals surface area contributed by atoms with Crippen LogP contribution in [0.4, 0.5) is 17.2 Å². The van der Waals surface area contributed by atoms with E-state index in [1.54, 1.807) is 24.5 Å². The van der Waals surface area contributed by atoms with Crippen LogP contribution in [0.1, 0.15) is 20.8 Å². The van der Waals surface area contributed by atoms with Crippen molar-refractivity contribution in [2.75, 3.05) is 16.8 Å². The summed E-state index contributed by atoms with van der Waals surface area (Å²) in [4.78, 5) is 21.9. The predicted octanol–water partition coefficient (Wildman–Crippen LogP) is 3.96. The molecule has 0 saturated carbocycles. The minimum atomic E-state index is -0.370. The lowest BCUT2D eigenvalue weighted by molar-refractivity contribution is 0.103. The number of fused-ring (bicyclic) bond motifs is 1. The maximum atomic E-state index is 12.8. The van der Waals surface area contributed by atoms with Gasteiger partial charge in [0.15, 0.2) is 0 Å². The van der Waals surface area contributed by atoms with E-state index in [0.29, 0.717) is 26.3 Å². The molecule has 3 aromatic heterocycles. The summed E-state index contributed by atoms with van der Waals surface area (Å²) in [5.41, 5.74) is 15.9. The average Bonchev–Trinajstić information content (AvgIpc) is 3.04. The van der Waals surface area contributed by atoms with Gasteiger partial charge in [0.05, 0.1) is 17.6 Å². The number of benzene rings is 1. The molecule has 0 fully saturated rings. The number of amides is 1. The summed E-state index contributed by atoms with van der Waals surface area (Å²) >= 11 is 1.14. The fourth-order valence-electron chi connectivity index (χ4n) is 3.09. The first kappa shape index (κ1) is 18.4. The molecule has 0 spiro atoms. The first-order valence-electron chi connectivity index (χ1n) is 8.69. The molecule has 29 heavy (non-hydrogen) atoms. The third kappa shape index (κ3) is 3.24. The number of pyridine rings is 2. The van der Waals surface area contributed by atoms with E-state index < -0.39 is 0 Å². The number of hydrogen-bond donors (Lipinski definition) is 3. The summed E-state index contributed by atoms with van der Waals surface area (Å²) in [5, 5.41) is 13.0. The van der Waals surface area contributed by atoms with Gasteiger partial charge in [0.1, 0.15) is 27.2 Å². The Morgan fingerprint density at radius 3 is 2.62 bits per heavy atom. The van der Waals surface area contributed by atoms with Crippen LogP contribution in [0.15, 0.2) is 48.8 Å². The standard InChI is InChI=1S/C21H16N6OS/c1-11-4-6-12(7-5-11)15-14(9-22)19(24)27-21-16(15)17(23)18(29-21)20(28)26-13-3-2-8-25-10-13/h2-8,10H,23H2,1H3,(H2,24,27)(H,26,28). The van der Waals surface area contributed by atoms with Gasteiger partial charge in [-0.1, -0.05) is 29.8 Å². The monoisotopic (exact) mass is 400 g/mol. The second-order valence-corrected chi connectivity index (χ2v) is 7.44. The number of nitrogen functional groups attached to an aromatic ring is 2. The fraction of sp³-hybridized carbons (Fsp3) is 0.0476. The molecule has 7 nitrogen and oxygen atoms in total. The van der Waals surface area contributed by atoms with Crippen molar-refractivity contribution in [1.29, 1.82) is 5.26 Å². The van der Waals surface area contributed by atoms with Gasteiger partial charge in [-0.2, -0.15) is 5.26 Å². The van der Waals surface area contributed by atoms with Gasteiger partial charge < -0.3 is 16.8 Å². The molecule has 0 unspecified atom stereocenters. The molecule has 0 atom stereocenters. The van der Waals surface area contributed by atoms with Gasteiger partial charge in [-0.25, -0.2) is 4.98 Å². The number of thiophene rings is 1. The highest BCUT2D eigenvalue weighted by atomic mass is 32.1. The number of nitrogens with zero attached hydrogens (tertiary/aromatic N) is 3. The van der Waals surface area contributed by atoms with Crippen LogP contribution >= 0.6 is 11.3 Å². The van der Waals surface area contributed by atoms with Crippen molar-refractivity contribution in [3.63, 3.8) is 0 Å².